The Morgan fingerprint density at radius 2 is 2.11 bits per heavy atom. The lowest BCUT2D eigenvalue weighted by atomic mass is 9.86. The van der Waals surface area contributed by atoms with Crippen molar-refractivity contribution in [2.75, 3.05) is 33.4 Å². The van der Waals surface area contributed by atoms with E-state index in [4.69, 9.17) is 4.74 Å². The highest BCUT2D eigenvalue weighted by atomic mass is 16.5. The van der Waals surface area contributed by atoms with Gasteiger partial charge >= 0.3 is 0 Å². The molecule has 1 N–H and O–H groups in total. The van der Waals surface area contributed by atoms with E-state index in [2.05, 4.69) is 24.1 Å². The summed E-state index contributed by atoms with van der Waals surface area (Å²) in [5.74, 6) is 0. The maximum atomic E-state index is 5.30. The van der Waals surface area contributed by atoms with Gasteiger partial charge in [0.1, 0.15) is 0 Å². The van der Waals surface area contributed by atoms with Gasteiger partial charge < -0.3 is 10.1 Å². The fourth-order valence-corrected chi connectivity index (χ4v) is 3.76. The molecule has 0 aromatic rings. The summed E-state index contributed by atoms with van der Waals surface area (Å²) < 4.78 is 5.30. The first-order chi connectivity index (χ1) is 8.63. The molecule has 3 nitrogen and oxygen atoms in total. The number of methoxy groups -OCH3 is 1. The summed E-state index contributed by atoms with van der Waals surface area (Å²) in [5.41, 5.74) is 0.479. The van der Waals surface area contributed by atoms with E-state index >= 15 is 0 Å². The summed E-state index contributed by atoms with van der Waals surface area (Å²) in [7, 11) is 1.81. The van der Waals surface area contributed by atoms with Crippen molar-refractivity contribution in [3.8, 4) is 0 Å². The largest absolute Gasteiger partial charge is 0.383 e. The Morgan fingerprint density at radius 1 is 1.28 bits per heavy atom. The Bertz CT molecular complexity index is 249. The molecule has 0 spiro atoms. The van der Waals surface area contributed by atoms with Gasteiger partial charge in [-0.2, -0.15) is 0 Å². The zero-order valence-corrected chi connectivity index (χ0v) is 12.4. The predicted molar refractivity (Wildman–Crippen MR) is 75.9 cm³/mol. The monoisotopic (exact) mass is 254 g/mol. The highest BCUT2D eigenvalue weighted by Crippen LogP contribution is 2.40. The predicted octanol–water partition coefficient (Wildman–Crippen LogP) is 2.27. The molecule has 1 heterocycles. The molecule has 2 unspecified atom stereocenters. The molecule has 2 rings (SSSR count). The van der Waals surface area contributed by atoms with Crippen LogP contribution in [0.2, 0.25) is 0 Å². The zero-order valence-electron chi connectivity index (χ0n) is 12.4. The van der Waals surface area contributed by atoms with Crippen LogP contribution < -0.4 is 5.32 Å². The minimum absolute atomic E-state index is 0.479. The highest BCUT2D eigenvalue weighted by molar-refractivity contribution is 4.93. The van der Waals surface area contributed by atoms with Gasteiger partial charge in [-0.3, -0.25) is 4.90 Å². The topological polar surface area (TPSA) is 24.5 Å². The summed E-state index contributed by atoms with van der Waals surface area (Å²) in [6.45, 7) is 9.23. The Labute approximate surface area is 112 Å². The molecule has 1 saturated carbocycles. The number of hydrogen-bond donors (Lipinski definition) is 1. The van der Waals surface area contributed by atoms with Crippen LogP contribution in [0.3, 0.4) is 0 Å². The Morgan fingerprint density at radius 3 is 2.67 bits per heavy atom. The van der Waals surface area contributed by atoms with Crippen molar-refractivity contribution >= 4 is 0 Å². The van der Waals surface area contributed by atoms with Crippen molar-refractivity contribution in [3.63, 3.8) is 0 Å². The third-order valence-electron chi connectivity index (χ3n) is 4.84. The molecule has 0 radical (unpaired) electrons. The number of hydrogen-bond acceptors (Lipinski definition) is 3. The van der Waals surface area contributed by atoms with Crippen LogP contribution in [0.5, 0.6) is 0 Å². The van der Waals surface area contributed by atoms with E-state index in [1.807, 2.05) is 7.11 Å². The fraction of sp³-hybridized carbons (Fsp3) is 1.00. The van der Waals surface area contributed by atoms with Gasteiger partial charge in [0, 0.05) is 32.3 Å². The summed E-state index contributed by atoms with van der Waals surface area (Å²) in [4.78, 5) is 2.69. The van der Waals surface area contributed by atoms with Gasteiger partial charge in [-0.1, -0.05) is 20.3 Å². The lowest BCUT2D eigenvalue weighted by Crippen LogP contribution is -2.48. The van der Waals surface area contributed by atoms with Crippen LogP contribution in [0.1, 0.15) is 46.0 Å². The smallest absolute Gasteiger partial charge is 0.0589 e. The molecule has 2 atom stereocenters. The average molecular weight is 254 g/mol. The minimum atomic E-state index is 0.479. The maximum Gasteiger partial charge on any atom is 0.0589 e. The molecule has 1 aliphatic heterocycles. The number of ether oxygens (including phenoxy) is 1. The molecule has 0 amide bonds. The first-order valence-electron chi connectivity index (χ1n) is 7.60. The molecule has 1 aliphatic carbocycles. The maximum absolute atomic E-state index is 5.30. The van der Waals surface area contributed by atoms with Crippen LogP contribution in [0.4, 0.5) is 0 Å². The average Bonchev–Trinajstić information content (AvgIpc) is 2.93. The first kappa shape index (κ1) is 14.3. The van der Waals surface area contributed by atoms with E-state index in [1.54, 1.807) is 0 Å². The standard InChI is InChI=1S/C15H30N2O/c1-15(2)8-4-7-14(15)17(10-11-18-3)12-13-6-5-9-16-13/h13-14,16H,4-12H2,1-3H3. The van der Waals surface area contributed by atoms with Crippen LogP contribution in [-0.4, -0.2) is 50.3 Å². The normalized spacial score (nSPS) is 31.3. The van der Waals surface area contributed by atoms with Gasteiger partial charge in [0.25, 0.3) is 0 Å². The van der Waals surface area contributed by atoms with Gasteiger partial charge in [-0.25, -0.2) is 0 Å². The summed E-state index contributed by atoms with van der Waals surface area (Å²) in [5, 5.41) is 3.63. The molecular weight excluding hydrogens is 224 g/mol. The molecule has 18 heavy (non-hydrogen) atoms. The summed E-state index contributed by atoms with van der Waals surface area (Å²) >= 11 is 0. The van der Waals surface area contributed by atoms with E-state index in [1.165, 1.54) is 45.2 Å². The van der Waals surface area contributed by atoms with E-state index in [0.29, 0.717) is 11.5 Å². The van der Waals surface area contributed by atoms with Crippen molar-refractivity contribution in [2.24, 2.45) is 5.41 Å². The second-order valence-electron chi connectivity index (χ2n) is 6.68. The van der Waals surface area contributed by atoms with Crippen LogP contribution in [-0.2, 0) is 4.74 Å². The minimum Gasteiger partial charge on any atom is -0.383 e. The molecule has 0 bridgehead atoms. The lowest BCUT2D eigenvalue weighted by molar-refractivity contribution is 0.0704. The van der Waals surface area contributed by atoms with E-state index in [0.717, 1.165) is 19.2 Å². The van der Waals surface area contributed by atoms with Crippen LogP contribution in [0.15, 0.2) is 0 Å². The summed E-state index contributed by atoms with van der Waals surface area (Å²) in [6, 6.07) is 1.45. The van der Waals surface area contributed by atoms with E-state index in [-0.39, 0.29) is 0 Å². The fourth-order valence-electron chi connectivity index (χ4n) is 3.76. The molecule has 1 saturated heterocycles. The van der Waals surface area contributed by atoms with Gasteiger partial charge in [0.05, 0.1) is 6.61 Å². The van der Waals surface area contributed by atoms with Crippen LogP contribution in [0, 0.1) is 5.41 Å². The molecule has 0 aromatic heterocycles. The lowest BCUT2D eigenvalue weighted by Gasteiger charge is -2.39. The zero-order chi connectivity index (χ0) is 13.0. The Kier molecular flexibility index (Phi) is 5.05. The van der Waals surface area contributed by atoms with Crippen LogP contribution in [0.25, 0.3) is 0 Å². The SMILES string of the molecule is COCCN(CC1CCCN1)C1CCCC1(C)C. The number of rotatable bonds is 6. The van der Waals surface area contributed by atoms with Gasteiger partial charge in [-0.15, -0.1) is 0 Å². The van der Waals surface area contributed by atoms with Crippen molar-refractivity contribution in [1.29, 1.82) is 0 Å². The van der Waals surface area contributed by atoms with Gasteiger partial charge in [0.15, 0.2) is 0 Å². The molecule has 2 aliphatic rings. The molecule has 0 aromatic carbocycles. The molecule has 2 fully saturated rings. The van der Waals surface area contributed by atoms with Crippen molar-refractivity contribution < 1.29 is 4.74 Å². The Balaban J connectivity index is 1.94. The van der Waals surface area contributed by atoms with Crippen molar-refractivity contribution in [1.82, 2.24) is 10.2 Å². The second-order valence-corrected chi connectivity index (χ2v) is 6.68. The summed E-state index contributed by atoms with van der Waals surface area (Å²) in [6.07, 6.45) is 6.81. The first-order valence-corrected chi connectivity index (χ1v) is 7.60. The van der Waals surface area contributed by atoms with Gasteiger partial charge in [-0.05, 0) is 37.6 Å². The number of nitrogens with zero attached hydrogens (tertiary/aromatic N) is 1. The molecular formula is C15H30N2O. The second kappa shape index (κ2) is 6.36. The van der Waals surface area contributed by atoms with E-state index < -0.39 is 0 Å². The number of nitrogens with one attached hydrogen (secondary N) is 1. The third kappa shape index (κ3) is 3.46. The van der Waals surface area contributed by atoms with Crippen molar-refractivity contribution in [2.45, 2.75) is 58.0 Å². The molecule has 106 valence electrons. The van der Waals surface area contributed by atoms with Crippen LogP contribution >= 0.6 is 0 Å². The quantitative estimate of drug-likeness (QED) is 0.787. The highest BCUT2D eigenvalue weighted by Gasteiger charge is 2.38. The molecule has 3 heteroatoms. The van der Waals surface area contributed by atoms with Gasteiger partial charge in [0.2, 0.25) is 0 Å². The van der Waals surface area contributed by atoms with E-state index in [9.17, 15) is 0 Å². The van der Waals surface area contributed by atoms with Crippen molar-refractivity contribution in [3.05, 3.63) is 0 Å². The third-order valence-corrected chi connectivity index (χ3v) is 4.84. The Hall–Kier alpha value is -0.120.